The fraction of sp³-hybridized carbons (Fsp3) is 1.00. The maximum Gasteiger partial charge on any atom is 0.0679 e. The van der Waals surface area contributed by atoms with E-state index < -0.39 is 0 Å². The Balaban J connectivity index is 2.40. The van der Waals surface area contributed by atoms with E-state index in [9.17, 15) is 5.11 Å². The minimum Gasteiger partial charge on any atom is -0.392 e. The van der Waals surface area contributed by atoms with Gasteiger partial charge in [0.15, 0.2) is 0 Å². The first-order valence-electron chi connectivity index (χ1n) is 4.28. The standard InChI is InChI=1S/C9H18O2/c1-6(2)11-8-5-7(10)9(8,3)4/h6-8,10H,5H2,1-4H3. The second-order valence-electron chi connectivity index (χ2n) is 4.25. The number of rotatable bonds is 2. The van der Waals surface area contributed by atoms with Gasteiger partial charge in [0.2, 0.25) is 0 Å². The SMILES string of the molecule is CC(C)OC1CC(O)C1(C)C. The molecule has 1 N–H and O–H groups in total. The molecule has 0 aliphatic heterocycles. The molecule has 0 aromatic carbocycles. The fourth-order valence-corrected chi connectivity index (χ4v) is 1.42. The first-order valence-corrected chi connectivity index (χ1v) is 4.28. The molecule has 0 saturated heterocycles. The van der Waals surface area contributed by atoms with E-state index in [-0.39, 0.29) is 23.7 Å². The van der Waals surface area contributed by atoms with Crippen LogP contribution in [0.15, 0.2) is 0 Å². The van der Waals surface area contributed by atoms with Crippen LogP contribution in [0.3, 0.4) is 0 Å². The third-order valence-corrected chi connectivity index (χ3v) is 2.56. The molecule has 1 fully saturated rings. The third-order valence-electron chi connectivity index (χ3n) is 2.56. The smallest absolute Gasteiger partial charge is 0.0679 e. The zero-order valence-corrected chi connectivity index (χ0v) is 7.79. The maximum absolute atomic E-state index is 9.38. The minimum absolute atomic E-state index is 0.0374. The molecule has 2 nitrogen and oxygen atoms in total. The lowest BCUT2D eigenvalue weighted by Gasteiger charge is -2.49. The van der Waals surface area contributed by atoms with Gasteiger partial charge in [0.25, 0.3) is 0 Å². The molecular formula is C9H18O2. The van der Waals surface area contributed by atoms with Gasteiger partial charge in [-0.05, 0) is 13.8 Å². The number of hydrogen-bond donors (Lipinski definition) is 1. The average Bonchev–Trinajstić information content (AvgIpc) is 1.87. The number of hydrogen-bond acceptors (Lipinski definition) is 2. The summed E-state index contributed by atoms with van der Waals surface area (Å²) < 4.78 is 5.61. The molecule has 2 heteroatoms. The highest BCUT2D eigenvalue weighted by Gasteiger charge is 2.48. The second-order valence-corrected chi connectivity index (χ2v) is 4.25. The molecule has 0 aromatic rings. The Hall–Kier alpha value is -0.0800. The van der Waals surface area contributed by atoms with Crippen molar-refractivity contribution in [3.63, 3.8) is 0 Å². The molecule has 1 saturated carbocycles. The van der Waals surface area contributed by atoms with Crippen LogP contribution in [0.1, 0.15) is 34.1 Å². The topological polar surface area (TPSA) is 29.5 Å². The van der Waals surface area contributed by atoms with Crippen molar-refractivity contribution in [2.24, 2.45) is 5.41 Å². The van der Waals surface area contributed by atoms with Crippen LogP contribution in [0.2, 0.25) is 0 Å². The van der Waals surface area contributed by atoms with Gasteiger partial charge in [-0.1, -0.05) is 13.8 Å². The Labute approximate surface area is 68.6 Å². The Morgan fingerprint density at radius 3 is 2.27 bits per heavy atom. The average molecular weight is 158 g/mol. The lowest BCUT2D eigenvalue weighted by molar-refractivity contribution is -0.188. The molecule has 0 amide bonds. The molecule has 0 heterocycles. The third kappa shape index (κ3) is 1.57. The van der Waals surface area contributed by atoms with Gasteiger partial charge in [-0.15, -0.1) is 0 Å². The van der Waals surface area contributed by atoms with Gasteiger partial charge in [0, 0.05) is 11.8 Å². The summed E-state index contributed by atoms with van der Waals surface area (Å²) in [5.74, 6) is 0. The minimum atomic E-state index is -0.175. The van der Waals surface area contributed by atoms with E-state index in [1.165, 1.54) is 0 Å². The van der Waals surface area contributed by atoms with Crippen LogP contribution >= 0.6 is 0 Å². The summed E-state index contributed by atoms with van der Waals surface area (Å²) in [5.41, 5.74) is -0.0374. The molecule has 66 valence electrons. The Kier molecular flexibility index (Phi) is 2.26. The van der Waals surface area contributed by atoms with Crippen LogP contribution in [0, 0.1) is 5.41 Å². The summed E-state index contributed by atoms with van der Waals surface area (Å²) >= 11 is 0. The largest absolute Gasteiger partial charge is 0.392 e. The maximum atomic E-state index is 9.38. The molecule has 0 bridgehead atoms. The van der Waals surface area contributed by atoms with Gasteiger partial charge in [-0.3, -0.25) is 0 Å². The zero-order valence-electron chi connectivity index (χ0n) is 7.79. The summed E-state index contributed by atoms with van der Waals surface area (Å²) in [4.78, 5) is 0. The normalized spacial score (nSPS) is 35.5. The monoisotopic (exact) mass is 158 g/mol. The summed E-state index contributed by atoms with van der Waals surface area (Å²) in [6.07, 6.45) is 1.14. The number of ether oxygens (including phenoxy) is 1. The van der Waals surface area contributed by atoms with Crippen molar-refractivity contribution in [1.29, 1.82) is 0 Å². The van der Waals surface area contributed by atoms with E-state index in [1.54, 1.807) is 0 Å². The Morgan fingerprint density at radius 1 is 1.45 bits per heavy atom. The van der Waals surface area contributed by atoms with Gasteiger partial charge < -0.3 is 9.84 Å². The zero-order chi connectivity index (χ0) is 8.65. The first kappa shape index (κ1) is 9.01. The van der Waals surface area contributed by atoms with Gasteiger partial charge >= 0.3 is 0 Å². The molecular weight excluding hydrogens is 140 g/mol. The summed E-state index contributed by atoms with van der Waals surface area (Å²) in [6.45, 7) is 8.16. The summed E-state index contributed by atoms with van der Waals surface area (Å²) in [7, 11) is 0. The van der Waals surface area contributed by atoms with Crippen molar-refractivity contribution in [2.75, 3.05) is 0 Å². The van der Waals surface area contributed by atoms with Crippen molar-refractivity contribution in [2.45, 2.75) is 52.4 Å². The summed E-state index contributed by atoms with van der Waals surface area (Å²) in [5, 5.41) is 9.38. The second kappa shape index (κ2) is 2.76. The van der Waals surface area contributed by atoms with Gasteiger partial charge in [-0.2, -0.15) is 0 Å². The van der Waals surface area contributed by atoms with E-state index in [1.807, 2.05) is 27.7 Å². The van der Waals surface area contributed by atoms with Crippen LogP contribution in [0.5, 0.6) is 0 Å². The predicted molar refractivity (Wildman–Crippen MR) is 44.4 cm³/mol. The van der Waals surface area contributed by atoms with Gasteiger partial charge in [0.1, 0.15) is 0 Å². The van der Waals surface area contributed by atoms with Crippen LogP contribution in [0.25, 0.3) is 0 Å². The van der Waals surface area contributed by atoms with Gasteiger partial charge in [-0.25, -0.2) is 0 Å². The van der Waals surface area contributed by atoms with E-state index >= 15 is 0 Å². The van der Waals surface area contributed by atoms with E-state index in [2.05, 4.69) is 0 Å². The quantitative estimate of drug-likeness (QED) is 0.661. The van der Waals surface area contributed by atoms with Crippen LogP contribution < -0.4 is 0 Å². The first-order chi connectivity index (χ1) is 4.94. The van der Waals surface area contributed by atoms with Crippen molar-refractivity contribution in [1.82, 2.24) is 0 Å². The lowest BCUT2D eigenvalue weighted by atomic mass is 9.66. The Morgan fingerprint density at radius 2 is 2.00 bits per heavy atom. The highest BCUT2D eigenvalue weighted by Crippen LogP contribution is 2.42. The Bertz CT molecular complexity index is 140. The molecule has 0 aromatic heterocycles. The van der Waals surface area contributed by atoms with Crippen molar-refractivity contribution >= 4 is 0 Å². The van der Waals surface area contributed by atoms with Crippen molar-refractivity contribution < 1.29 is 9.84 Å². The molecule has 1 aliphatic rings. The highest BCUT2D eigenvalue weighted by molar-refractivity contribution is 4.98. The summed E-state index contributed by atoms with van der Waals surface area (Å²) in [6, 6.07) is 0. The van der Waals surface area contributed by atoms with Gasteiger partial charge in [0.05, 0.1) is 18.3 Å². The molecule has 0 radical (unpaired) electrons. The molecule has 2 unspecified atom stereocenters. The van der Waals surface area contributed by atoms with E-state index in [0.717, 1.165) is 6.42 Å². The lowest BCUT2D eigenvalue weighted by Crippen LogP contribution is -2.55. The van der Waals surface area contributed by atoms with E-state index in [4.69, 9.17) is 4.74 Å². The van der Waals surface area contributed by atoms with Crippen molar-refractivity contribution in [3.8, 4) is 0 Å². The predicted octanol–water partition coefficient (Wildman–Crippen LogP) is 1.57. The molecule has 1 aliphatic carbocycles. The van der Waals surface area contributed by atoms with Crippen LogP contribution in [0.4, 0.5) is 0 Å². The van der Waals surface area contributed by atoms with Crippen molar-refractivity contribution in [3.05, 3.63) is 0 Å². The van der Waals surface area contributed by atoms with Crippen LogP contribution in [-0.2, 0) is 4.74 Å². The highest BCUT2D eigenvalue weighted by atomic mass is 16.5. The number of aliphatic hydroxyl groups excluding tert-OH is 1. The molecule has 11 heavy (non-hydrogen) atoms. The molecule has 1 rings (SSSR count). The fourth-order valence-electron chi connectivity index (χ4n) is 1.42. The molecule has 2 atom stereocenters. The molecule has 0 spiro atoms. The van der Waals surface area contributed by atoms with Crippen LogP contribution in [-0.4, -0.2) is 23.4 Å². The van der Waals surface area contributed by atoms with E-state index in [0.29, 0.717) is 0 Å². The number of aliphatic hydroxyl groups is 1.